The Morgan fingerprint density at radius 2 is 1.75 bits per heavy atom. The number of allylic oxidation sites excluding steroid dienone is 1. The zero-order valence-corrected chi connectivity index (χ0v) is 19.2. The van der Waals surface area contributed by atoms with Gasteiger partial charge in [0.25, 0.3) is 5.91 Å². The molecule has 0 saturated carbocycles. The lowest BCUT2D eigenvalue weighted by Gasteiger charge is -2.40. The third-order valence-electron chi connectivity index (χ3n) is 6.33. The molecule has 32 heavy (non-hydrogen) atoms. The summed E-state index contributed by atoms with van der Waals surface area (Å²) in [4.78, 5) is 38.2. The lowest BCUT2D eigenvalue weighted by molar-refractivity contribution is -0.137. The van der Waals surface area contributed by atoms with Gasteiger partial charge in [0, 0.05) is 24.0 Å². The van der Waals surface area contributed by atoms with E-state index < -0.39 is 12.2 Å². The number of imide groups is 1. The Hall–Kier alpha value is -3.32. The quantitative estimate of drug-likeness (QED) is 0.707. The molecule has 3 aliphatic rings. The standard InChI is InChI=1S/C24H24ClN5O2/c1-14-8-10-17(11-9-14)13-29-22(31)20-21(27(4)24(29)32)26-23-28(20)12-15(2)30(23)19-7-5-6-18(25)16(19)3/h5-12,20-21H,13H2,1-4H3. The molecule has 0 bridgehead atoms. The number of amides is 3. The summed E-state index contributed by atoms with van der Waals surface area (Å²) >= 11 is 6.36. The first-order chi connectivity index (χ1) is 15.3. The first kappa shape index (κ1) is 20.6. The molecule has 0 aliphatic carbocycles. The van der Waals surface area contributed by atoms with Crippen molar-refractivity contribution >= 4 is 35.2 Å². The van der Waals surface area contributed by atoms with Gasteiger partial charge in [0.05, 0.1) is 12.2 Å². The van der Waals surface area contributed by atoms with Crippen LogP contribution in [0.4, 0.5) is 10.5 Å². The molecule has 3 aliphatic heterocycles. The minimum Gasteiger partial charge on any atom is -0.302 e. The van der Waals surface area contributed by atoms with Crippen molar-refractivity contribution < 1.29 is 9.59 Å². The van der Waals surface area contributed by atoms with Crippen molar-refractivity contribution in [3.63, 3.8) is 0 Å². The third kappa shape index (κ3) is 2.99. The van der Waals surface area contributed by atoms with Crippen molar-refractivity contribution in [3.8, 4) is 0 Å². The molecule has 2 aromatic rings. The van der Waals surface area contributed by atoms with Gasteiger partial charge in [0.2, 0.25) is 5.96 Å². The summed E-state index contributed by atoms with van der Waals surface area (Å²) in [6.07, 6.45) is 1.35. The van der Waals surface area contributed by atoms with E-state index in [1.807, 2.05) is 79.2 Å². The fraction of sp³-hybridized carbons (Fsp3) is 0.292. The van der Waals surface area contributed by atoms with Crippen LogP contribution < -0.4 is 4.90 Å². The van der Waals surface area contributed by atoms with Crippen molar-refractivity contribution in [2.75, 3.05) is 11.9 Å². The first-order valence-corrected chi connectivity index (χ1v) is 10.9. The third-order valence-corrected chi connectivity index (χ3v) is 6.74. The highest BCUT2D eigenvalue weighted by atomic mass is 35.5. The second-order valence-corrected chi connectivity index (χ2v) is 8.90. The van der Waals surface area contributed by atoms with Gasteiger partial charge in [-0.2, -0.15) is 0 Å². The second-order valence-electron chi connectivity index (χ2n) is 8.49. The van der Waals surface area contributed by atoms with E-state index in [1.165, 1.54) is 4.90 Å². The number of benzene rings is 2. The number of nitrogens with zero attached hydrogens (tertiary/aromatic N) is 5. The van der Waals surface area contributed by atoms with Crippen molar-refractivity contribution in [2.24, 2.45) is 4.99 Å². The summed E-state index contributed by atoms with van der Waals surface area (Å²) in [6, 6.07) is 12.6. The lowest BCUT2D eigenvalue weighted by atomic mass is 10.1. The SMILES string of the molecule is CC1=CN2C(=NC3C2C(=O)N(Cc2ccc(C)cc2)C(=O)N3C)N1c1cccc(Cl)c1C. The molecule has 1 saturated heterocycles. The molecule has 0 radical (unpaired) electrons. The maximum atomic E-state index is 13.5. The van der Waals surface area contributed by atoms with Crippen LogP contribution in [0.2, 0.25) is 5.02 Å². The van der Waals surface area contributed by atoms with Crippen LogP contribution in [0.25, 0.3) is 0 Å². The van der Waals surface area contributed by atoms with Gasteiger partial charge in [-0.3, -0.25) is 14.6 Å². The Bertz CT molecular complexity index is 1190. The van der Waals surface area contributed by atoms with Crippen molar-refractivity contribution in [1.29, 1.82) is 0 Å². The Kier molecular flexibility index (Phi) is 4.74. The zero-order valence-electron chi connectivity index (χ0n) is 18.4. The predicted molar refractivity (Wildman–Crippen MR) is 124 cm³/mol. The summed E-state index contributed by atoms with van der Waals surface area (Å²) in [5.41, 5.74) is 4.81. The smallest absolute Gasteiger partial charge is 0.302 e. The van der Waals surface area contributed by atoms with E-state index in [0.717, 1.165) is 28.1 Å². The number of halogens is 1. The summed E-state index contributed by atoms with van der Waals surface area (Å²) in [7, 11) is 1.70. The highest BCUT2D eigenvalue weighted by Gasteiger charge is 2.54. The normalized spacial score (nSPS) is 22.3. The number of hydrogen-bond acceptors (Lipinski definition) is 5. The lowest BCUT2D eigenvalue weighted by Crippen LogP contribution is -2.63. The number of carbonyl (C=O) groups is 2. The Morgan fingerprint density at radius 1 is 1.03 bits per heavy atom. The molecule has 3 amide bonds. The number of urea groups is 1. The van der Waals surface area contributed by atoms with Gasteiger partial charge in [-0.15, -0.1) is 0 Å². The molecule has 0 aromatic heterocycles. The predicted octanol–water partition coefficient (Wildman–Crippen LogP) is 4.10. The van der Waals surface area contributed by atoms with Gasteiger partial charge < -0.3 is 9.80 Å². The van der Waals surface area contributed by atoms with E-state index in [2.05, 4.69) is 0 Å². The summed E-state index contributed by atoms with van der Waals surface area (Å²) in [5, 5.41) is 0.664. The van der Waals surface area contributed by atoms with E-state index in [0.29, 0.717) is 11.0 Å². The van der Waals surface area contributed by atoms with Gasteiger partial charge in [0.1, 0.15) is 0 Å². The van der Waals surface area contributed by atoms with Gasteiger partial charge in [-0.05, 0) is 44.0 Å². The fourth-order valence-corrected chi connectivity index (χ4v) is 4.68. The number of aryl methyl sites for hydroxylation is 1. The number of carbonyl (C=O) groups excluding carboxylic acids is 2. The average Bonchev–Trinajstić information content (AvgIpc) is 3.28. The van der Waals surface area contributed by atoms with Crippen LogP contribution in [0.5, 0.6) is 0 Å². The first-order valence-electron chi connectivity index (χ1n) is 10.5. The molecule has 164 valence electrons. The Labute approximate surface area is 192 Å². The molecular formula is C24H24ClN5O2. The van der Waals surface area contributed by atoms with Gasteiger partial charge in [-0.1, -0.05) is 47.5 Å². The van der Waals surface area contributed by atoms with Crippen molar-refractivity contribution in [3.05, 3.63) is 76.1 Å². The van der Waals surface area contributed by atoms with Crippen LogP contribution in [0.15, 0.2) is 59.4 Å². The number of hydrogen-bond donors (Lipinski definition) is 0. The number of anilines is 1. The molecule has 3 heterocycles. The van der Waals surface area contributed by atoms with E-state index >= 15 is 0 Å². The van der Waals surface area contributed by atoms with Gasteiger partial charge >= 0.3 is 6.03 Å². The Morgan fingerprint density at radius 3 is 2.47 bits per heavy atom. The number of rotatable bonds is 3. The zero-order chi connectivity index (χ0) is 22.7. The molecule has 7 nitrogen and oxygen atoms in total. The van der Waals surface area contributed by atoms with Crippen LogP contribution in [0, 0.1) is 13.8 Å². The summed E-state index contributed by atoms with van der Waals surface area (Å²) in [6.45, 7) is 6.17. The summed E-state index contributed by atoms with van der Waals surface area (Å²) < 4.78 is 0. The van der Waals surface area contributed by atoms with E-state index in [-0.39, 0.29) is 18.5 Å². The molecule has 5 rings (SSSR count). The maximum Gasteiger partial charge on any atom is 0.328 e. The van der Waals surface area contributed by atoms with E-state index in [4.69, 9.17) is 16.6 Å². The molecule has 0 N–H and O–H groups in total. The van der Waals surface area contributed by atoms with Crippen molar-refractivity contribution in [2.45, 2.75) is 39.5 Å². The molecule has 2 unspecified atom stereocenters. The highest BCUT2D eigenvalue weighted by molar-refractivity contribution is 6.32. The largest absolute Gasteiger partial charge is 0.328 e. The van der Waals surface area contributed by atoms with Gasteiger partial charge in [0.15, 0.2) is 12.2 Å². The second kappa shape index (κ2) is 7.38. The summed E-state index contributed by atoms with van der Waals surface area (Å²) in [5.74, 6) is 0.388. The number of aliphatic imine (C=N–C) groups is 1. The van der Waals surface area contributed by atoms with E-state index in [9.17, 15) is 9.59 Å². The number of fused-ring (bicyclic) bond motifs is 3. The van der Waals surface area contributed by atoms with Crippen LogP contribution in [-0.2, 0) is 11.3 Å². The fourth-order valence-electron chi connectivity index (χ4n) is 4.51. The minimum absolute atomic E-state index is 0.231. The van der Waals surface area contributed by atoms with Crippen LogP contribution in [-0.4, -0.2) is 51.9 Å². The molecule has 0 spiro atoms. The Balaban J connectivity index is 1.49. The minimum atomic E-state index is -0.599. The number of guanidine groups is 1. The molecule has 2 atom stereocenters. The average molecular weight is 450 g/mol. The van der Waals surface area contributed by atoms with Crippen LogP contribution in [0.3, 0.4) is 0 Å². The topological polar surface area (TPSA) is 59.5 Å². The van der Waals surface area contributed by atoms with E-state index in [1.54, 1.807) is 11.9 Å². The highest BCUT2D eigenvalue weighted by Crippen LogP contribution is 2.39. The maximum absolute atomic E-state index is 13.5. The van der Waals surface area contributed by atoms with Gasteiger partial charge in [-0.25, -0.2) is 9.79 Å². The van der Waals surface area contributed by atoms with Crippen LogP contribution in [0.1, 0.15) is 23.6 Å². The van der Waals surface area contributed by atoms with Crippen molar-refractivity contribution in [1.82, 2.24) is 14.7 Å². The molecule has 1 fully saturated rings. The monoisotopic (exact) mass is 449 g/mol. The molecule has 8 heteroatoms. The number of likely N-dealkylation sites (N-methyl/N-ethyl adjacent to an activating group) is 1. The molecule has 2 aromatic carbocycles. The van der Waals surface area contributed by atoms with Crippen LogP contribution >= 0.6 is 11.6 Å². The molecular weight excluding hydrogens is 426 g/mol.